The normalized spacial score (nSPS) is 10.8. The number of alkyl halides is 2. The highest BCUT2D eigenvalue weighted by Gasteiger charge is 2.14. The van der Waals surface area contributed by atoms with Crippen molar-refractivity contribution >= 4 is 11.9 Å². The van der Waals surface area contributed by atoms with E-state index in [2.05, 4.69) is 20.7 Å². The van der Waals surface area contributed by atoms with E-state index in [1.807, 2.05) is 54.6 Å². The number of nitrogens with one attached hydrogen (secondary N) is 1. The van der Waals surface area contributed by atoms with E-state index >= 15 is 0 Å². The van der Waals surface area contributed by atoms with Crippen LogP contribution in [0, 0.1) is 0 Å². The first-order chi connectivity index (χ1) is 11.6. The van der Waals surface area contributed by atoms with E-state index in [9.17, 15) is 13.6 Å². The lowest BCUT2D eigenvalue weighted by atomic mass is 9.97. The van der Waals surface area contributed by atoms with Crippen molar-refractivity contribution in [1.29, 1.82) is 0 Å². The number of tetrazole rings is 1. The molecular formula is C16H13F2N5O. The van der Waals surface area contributed by atoms with E-state index in [1.165, 1.54) is 0 Å². The van der Waals surface area contributed by atoms with Crippen molar-refractivity contribution in [1.82, 2.24) is 20.2 Å². The van der Waals surface area contributed by atoms with E-state index in [0.29, 0.717) is 0 Å². The lowest BCUT2D eigenvalue weighted by Crippen LogP contribution is -2.16. The van der Waals surface area contributed by atoms with Crippen molar-refractivity contribution in [3.8, 4) is 11.1 Å². The Morgan fingerprint density at radius 1 is 1.08 bits per heavy atom. The Morgan fingerprint density at radius 2 is 1.79 bits per heavy atom. The van der Waals surface area contributed by atoms with Crippen molar-refractivity contribution in [2.45, 2.75) is 13.0 Å². The maximum atomic E-state index is 12.4. The molecule has 0 fully saturated rings. The van der Waals surface area contributed by atoms with E-state index in [4.69, 9.17) is 0 Å². The lowest BCUT2D eigenvalue weighted by molar-refractivity contribution is -0.115. The summed E-state index contributed by atoms with van der Waals surface area (Å²) in [5.41, 5.74) is 2.72. The average molecular weight is 329 g/mol. The molecule has 0 atom stereocenters. The smallest absolute Gasteiger partial charge is 0.292 e. The Bertz CT molecular complexity index is 835. The number of aromatic nitrogens is 4. The highest BCUT2D eigenvalue weighted by atomic mass is 19.3. The van der Waals surface area contributed by atoms with Gasteiger partial charge in [-0.15, -0.1) is 5.10 Å². The number of hydrogen-bond donors (Lipinski definition) is 1. The van der Waals surface area contributed by atoms with Gasteiger partial charge >= 0.3 is 6.55 Å². The molecule has 3 aromatic rings. The molecule has 0 aliphatic heterocycles. The summed E-state index contributed by atoms with van der Waals surface area (Å²) >= 11 is 0. The standard InChI is InChI=1S/C16H13F2N5O/c17-15(18)23-21-16(20-22-23)19-14(24)10-12-8-4-5-9-13(12)11-6-2-1-3-7-11/h1-9,15H,10H2,(H,19,21,24). The molecule has 0 saturated carbocycles. The van der Waals surface area contributed by atoms with Gasteiger partial charge in [-0.2, -0.15) is 8.78 Å². The molecule has 0 unspecified atom stereocenters. The molecule has 2 aromatic carbocycles. The summed E-state index contributed by atoms with van der Waals surface area (Å²) in [4.78, 5) is 12.3. The fourth-order valence-corrected chi connectivity index (χ4v) is 2.27. The maximum Gasteiger partial charge on any atom is 0.350 e. The van der Waals surface area contributed by atoms with Crippen LogP contribution in [-0.2, 0) is 11.2 Å². The van der Waals surface area contributed by atoms with Gasteiger partial charge in [0.1, 0.15) is 0 Å². The van der Waals surface area contributed by atoms with Crippen molar-refractivity contribution in [3.63, 3.8) is 0 Å². The van der Waals surface area contributed by atoms with E-state index < -0.39 is 12.5 Å². The molecule has 1 aromatic heterocycles. The molecule has 0 saturated heterocycles. The van der Waals surface area contributed by atoms with Gasteiger partial charge in [-0.25, -0.2) is 0 Å². The van der Waals surface area contributed by atoms with Crippen LogP contribution in [0.1, 0.15) is 12.1 Å². The summed E-state index contributed by atoms with van der Waals surface area (Å²) in [6.45, 7) is -2.90. The average Bonchev–Trinajstić information content (AvgIpc) is 3.05. The molecule has 1 amide bonds. The number of anilines is 1. The fraction of sp³-hybridized carbons (Fsp3) is 0.125. The Balaban J connectivity index is 1.75. The molecule has 6 nitrogen and oxygen atoms in total. The van der Waals surface area contributed by atoms with Gasteiger partial charge in [-0.1, -0.05) is 64.5 Å². The monoisotopic (exact) mass is 329 g/mol. The Kier molecular flexibility index (Phi) is 4.55. The molecule has 122 valence electrons. The second kappa shape index (κ2) is 6.95. The molecule has 8 heteroatoms. The number of carbonyl (C=O) groups is 1. The highest BCUT2D eigenvalue weighted by Crippen LogP contribution is 2.23. The van der Waals surface area contributed by atoms with Gasteiger partial charge in [0.05, 0.1) is 6.42 Å². The number of nitrogens with zero attached hydrogens (tertiary/aromatic N) is 4. The summed E-state index contributed by atoms with van der Waals surface area (Å²) in [6.07, 6.45) is 0.0638. The van der Waals surface area contributed by atoms with Crippen molar-refractivity contribution in [3.05, 3.63) is 60.2 Å². The van der Waals surface area contributed by atoms with Crippen molar-refractivity contribution in [2.24, 2.45) is 0 Å². The summed E-state index contributed by atoms with van der Waals surface area (Å²) in [7, 11) is 0. The molecule has 0 bridgehead atoms. The third-order valence-corrected chi connectivity index (χ3v) is 3.31. The van der Waals surface area contributed by atoms with E-state index in [1.54, 1.807) is 0 Å². The number of rotatable bonds is 5. The summed E-state index contributed by atoms with van der Waals surface area (Å²) < 4.78 is 24.8. The highest BCUT2D eigenvalue weighted by molar-refractivity contribution is 5.91. The second-order valence-electron chi connectivity index (χ2n) is 4.96. The van der Waals surface area contributed by atoms with Crippen LogP contribution in [0.4, 0.5) is 14.7 Å². The van der Waals surface area contributed by atoms with Crippen LogP contribution in [-0.4, -0.2) is 26.1 Å². The van der Waals surface area contributed by atoms with Crippen LogP contribution < -0.4 is 5.32 Å². The van der Waals surface area contributed by atoms with Crippen LogP contribution in [0.5, 0.6) is 0 Å². The molecule has 0 aliphatic rings. The van der Waals surface area contributed by atoms with Gasteiger partial charge in [-0.05, 0) is 21.9 Å². The van der Waals surface area contributed by atoms with Gasteiger partial charge in [0.2, 0.25) is 5.91 Å². The molecule has 0 spiro atoms. The Hall–Kier alpha value is -3.16. The predicted octanol–water partition coefficient (Wildman–Crippen LogP) is 2.92. The second-order valence-corrected chi connectivity index (χ2v) is 4.96. The Morgan fingerprint density at radius 3 is 2.50 bits per heavy atom. The molecule has 0 aliphatic carbocycles. The lowest BCUT2D eigenvalue weighted by Gasteiger charge is -2.09. The molecule has 0 radical (unpaired) electrons. The Labute approximate surface area is 136 Å². The van der Waals surface area contributed by atoms with Crippen LogP contribution in [0.25, 0.3) is 11.1 Å². The van der Waals surface area contributed by atoms with Gasteiger partial charge < -0.3 is 0 Å². The minimum atomic E-state index is -2.90. The van der Waals surface area contributed by atoms with Crippen molar-refractivity contribution < 1.29 is 13.6 Å². The van der Waals surface area contributed by atoms with Gasteiger partial charge in [0, 0.05) is 0 Å². The molecule has 3 rings (SSSR count). The topological polar surface area (TPSA) is 72.7 Å². The summed E-state index contributed by atoms with van der Waals surface area (Å²) in [6, 6.07) is 17.1. The number of carbonyl (C=O) groups excluding carboxylic acids is 1. The van der Waals surface area contributed by atoms with E-state index in [-0.39, 0.29) is 17.2 Å². The van der Waals surface area contributed by atoms with Crippen LogP contribution in [0.2, 0.25) is 0 Å². The number of halogens is 2. The SMILES string of the molecule is O=C(Cc1ccccc1-c1ccccc1)Nc1nnn(C(F)F)n1. The first kappa shape index (κ1) is 15.7. The van der Waals surface area contributed by atoms with Crippen LogP contribution >= 0.6 is 0 Å². The first-order valence-electron chi connectivity index (χ1n) is 7.14. The summed E-state index contributed by atoms with van der Waals surface area (Å²) in [5, 5.41) is 12.3. The zero-order chi connectivity index (χ0) is 16.9. The third kappa shape index (κ3) is 3.60. The molecule has 1 heterocycles. The van der Waals surface area contributed by atoms with Crippen LogP contribution in [0.15, 0.2) is 54.6 Å². The molecule has 24 heavy (non-hydrogen) atoms. The number of amides is 1. The quantitative estimate of drug-likeness (QED) is 0.781. The minimum Gasteiger partial charge on any atom is -0.292 e. The minimum absolute atomic E-state index is 0.0638. The number of benzene rings is 2. The molecular weight excluding hydrogens is 316 g/mol. The predicted molar refractivity (Wildman–Crippen MR) is 83.3 cm³/mol. The number of hydrogen-bond acceptors (Lipinski definition) is 4. The largest absolute Gasteiger partial charge is 0.350 e. The maximum absolute atomic E-state index is 12.4. The van der Waals surface area contributed by atoms with Gasteiger partial charge in [0.15, 0.2) is 0 Å². The molecule has 1 N–H and O–H groups in total. The van der Waals surface area contributed by atoms with Crippen LogP contribution in [0.3, 0.4) is 0 Å². The van der Waals surface area contributed by atoms with Crippen molar-refractivity contribution in [2.75, 3.05) is 5.32 Å². The zero-order valence-corrected chi connectivity index (χ0v) is 12.4. The summed E-state index contributed by atoms with van der Waals surface area (Å²) in [5.74, 6) is -0.662. The zero-order valence-electron chi connectivity index (χ0n) is 12.4. The third-order valence-electron chi connectivity index (χ3n) is 3.31. The first-order valence-corrected chi connectivity index (χ1v) is 7.14. The van der Waals surface area contributed by atoms with E-state index in [0.717, 1.165) is 16.7 Å². The van der Waals surface area contributed by atoms with Gasteiger partial charge in [0.25, 0.3) is 5.95 Å². The fourth-order valence-electron chi connectivity index (χ4n) is 2.27. The van der Waals surface area contributed by atoms with Gasteiger partial charge in [-0.3, -0.25) is 10.1 Å².